The Morgan fingerprint density at radius 1 is 1.36 bits per heavy atom. The molecule has 2 rings (SSSR count). The highest BCUT2D eigenvalue weighted by molar-refractivity contribution is 9.10. The molecule has 0 bridgehead atoms. The van der Waals surface area contributed by atoms with Crippen LogP contribution >= 0.6 is 15.9 Å². The Kier molecular flexibility index (Phi) is 2.37. The summed E-state index contributed by atoms with van der Waals surface area (Å²) in [6.07, 6.45) is 0. The van der Waals surface area contributed by atoms with Gasteiger partial charge in [-0.25, -0.2) is 0 Å². The van der Waals surface area contributed by atoms with Gasteiger partial charge in [0.05, 0.1) is 6.54 Å². The summed E-state index contributed by atoms with van der Waals surface area (Å²) in [6.45, 7) is 4.54. The van der Waals surface area contributed by atoms with Gasteiger partial charge in [0.25, 0.3) is 0 Å². The van der Waals surface area contributed by atoms with E-state index in [1.165, 1.54) is 0 Å². The van der Waals surface area contributed by atoms with Gasteiger partial charge in [0.15, 0.2) is 0 Å². The summed E-state index contributed by atoms with van der Waals surface area (Å²) >= 11 is 3.48. The normalized spacial score (nSPS) is 11.1. The van der Waals surface area contributed by atoms with Crippen LogP contribution in [0.3, 0.4) is 0 Å². The average molecular weight is 254 g/mol. The first-order valence-electron chi connectivity index (χ1n) is 4.51. The second-order valence-electron chi connectivity index (χ2n) is 3.45. The summed E-state index contributed by atoms with van der Waals surface area (Å²) in [5.41, 5.74) is 8.83. The van der Waals surface area contributed by atoms with Gasteiger partial charge in [-0.15, -0.1) is 0 Å². The lowest BCUT2D eigenvalue weighted by Crippen LogP contribution is -1.95. The molecule has 0 radical (unpaired) electrons. The molecule has 0 spiro atoms. The van der Waals surface area contributed by atoms with E-state index < -0.39 is 0 Å². The average Bonchev–Trinajstić information content (AvgIpc) is 2.44. The Morgan fingerprint density at radius 3 is 2.71 bits per heavy atom. The zero-order valence-corrected chi connectivity index (χ0v) is 9.81. The molecule has 1 heterocycles. The van der Waals surface area contributed by atoms with E-state index in [1.54, 1.807) is 0 Å². The van der Waals surface area contributed by atoms with Crippen molar-refractivity contribution >= 4 is 26.9 Å². The lowest BCUT2D eigenvalue weighted by atomic mass is 10.1. The van der Waals surface area contributed by atoms with Gasteiger partial charge >= 0.3 is 0 Å². The third kappa shape index (κ3) is 1.37. The zero-order chi connectivity index (χ0) is 10.3. The molecule has 0 saturated heterocycles. The van der Waals surface area contributed by atoms with Gasteiger partial charge in [-0.05, 0) is 37.1 Å². The minimum Gasteiger partial charge on any atom is -0.459 e. The third-order valence-electron chi connectivity index (χ3n) is 2.47. The van der Waals surface area contributed by atoms with E-state index in [0.29, 0.717) is 6.54 Å². The van der Waals surface area contributed by atoms with Crippen molar-refractivity contribution in [1.82, 2.24) is 0 Å². The molecule has 0 unspecified atom stereocenters. The van der Waals surface area contributed by atoms with Crippen LogP contribution in [0.4, 0.5) is 0 Å². The van der Waals surface area contributed by atoms with Crippen LogP contribution in [-0.2, 0) is 6.54 Å². The molecule has 2 aromatic rings. The largest absolute Gasteiger partial charge is 0.459 e. The first kappa shape index (κ1) is 9.74. The first-order valence-corrected chi connectivity index (χ1v) is 5.31. The van der Waals surface area contributed by atoms with E-state index in [0.717, 1.165) is 32.3 Å². The summed E-state index contributed by atoms with van der Waals surface area (Å²) in [7, 11) is 0. The number of hydrogen-bond acceptors (Lipinski definition) is 2. The Morgan fingerprint density at radius 2 is 2.07 bits per heavy atom. The number of rotatable bonds is 1. The van der Waals surface area contributed by atoms with E-state index >= 15 is 0 Å². The van der Waals surface area contributed by atoms with E-state index in [9.17, 15) is 0 Å². The maximum absolute atomic E-state index is 5.69. The quantitative estimate of drug-likeness (QED) is 0.848. The van der Waals surface area contributed by atoms with Gasteiger partial charge in [0, 0.05) is 9.86 Å². The molecule has 1 aromatic heterocycles. The van der Waals surface area contributed by atoms with Crippen LogP contribution in [0.2, 0.25) is 0 Å². The predicted molar refractivity (Wildman–Crippen MR) is 61.3 cm³/mol. The van der Waals surface area contributed by atoms with Crippen LogP contribution in [0.15, 0.2) is 21.0 Å². The van der Waals surface area contributed by atoms with Crippen molar-refractivity contribution in [2.24, 2.45) is 5.73 Å². The van der Waals surface area contributed by atoms with Crippen LogP contribution < -0.4 is 5.73 Å². The standard InChI is InChI=1S/C11H12BrNO/c1-6-3-8(12)4-9-7(2)10(5-13)14-11(6)9/h3-4H,5,13H2,1-2H3. The fourth-order valence-electron chi connectivity index (χ4n) is 1.69. The second kappa shape index (κ2) is 3.41. The van der Waals surface area contributed by atoms with Gasteiger partial charge in [0.2, 0.25) is 0 Å². The highest BCUT2D eigenvalue weighted by atomic mass is 79.9. The van der Waals surface area contributed by atoms with Gasteiger partial charge < -0.3 is 10.2 Å². The molecule has 0 aliphatic carbocycles. The lowest BCUT2D eigenvalue weighted by molar-refractivity contribution is 0.547. The van der Waals surface area contributed by atoms with Gasteiger partial charge in [-0.2, -0.15) is 0 Å². The highest BCUT2D eigenvalue weighted by Crippen LogP contribution is 2.30. The van der Waals surface area contributed by atoms with Crippen molar-refractivity contribution in [2.75, 3.05) is 0 Å². The number of hydrogen-bond donors (Lipinski definition) is 1. The van der Waals surface area contributed by atoms with Crippen LogP contribution in [0.5, 0.6) is 0 Å². The number of benzene rings is 1. The first-order chi connectivity index (χ1) is 6.63. The predicted octanol–water partition coefficient (Wildman–Crippen LogP) is 3.27. The summed E-state index contributed by atoms with van der Waals surface area (Å²) in [4.78, 5) is 0. The molecular formula is C11H12BrNO. The van der Waals surface area contributed by atoms with Gasteiger partial charge in [0.1, 0.15) is 11.3 Å². The maximum atomic E-state index is 5.69. The molecule has 0 amide bonds. The van der Waals surface area contributed by atoms with Crippen molar-refractivity contribution in [1.29, 1.82) is 0 Å². The molecule has 2 N–H and O–H groups in total. The topological polar surface area (TPSA) is 39.2 Å². The van der Waals surface area contributed by atoms with E-state index in [1.807, 2.05) is 19.9 Å². The minimum absolute atomic E-state index is 0.456. The minimum atomic E-state index is 0.456. The van der Waals surface area contributed by atoms with Crippen molar-refractivity contribution < 1.29 is 4.42 Å². The Balaban J connectivity index is 2.85. The second-order valence-corrected chi connectivity index (χ2v) is 4.37. The molecule has 0 fully saturated rings. The van der Waals surface area contributed by atoms with Crippen molar-refractivity contribution in [3.05, 3.63) is 33.5 Å². The van der Waals surface area contributed by atoms with Gasteiger partial charge in [-0.3, -0.25) is 0 Å². The van der Waals surface area contributed by atoms with E-state index in [-0.39, 0.29) is 0 Å². The summed E-state index contributed by atoms with van der Waals surface area (Å²) in [6, 6.07) is 4.12. The SMILES string of the molecule is Cc1c(CN)oc2c(C)cc(Br)cc12. The van der Waals surface area contributed by atoms with Crippen LogP contribution in [-0.4, -0.2) is 0 Å². The lowest BCUT2D eigenvalue weighted by Gasteiger charge is -1.96. The monoisotopic (exact) mass is 253 g/mol. The Labute approximate surface area is 91.2 Å². The molecule has 74 valence electrons. The summed E-state index contributed by atoms with van der Waals surface area (Å²) in [5.74, 6) is 0.876. The molecule has 0 atom stereocenters. The molecule has 0 aliphatic rings. The maximum Gasteiger partial charge on any atom is 0.137 e. The van der Waals surface area contributed by atoms with Crippen LogP contribution in [0, 0.1) is 13.8 Å². The van der Waals surface area contributed by atoms with Crippen molar-refractivity contribution in [2.45, 2.75) is 20.4 Å². The summed E-state index contributed by atoms with van der Waals surface area (Å²) in [5, 5.41) is 1.15. The number of furan rings is 1. The molecule has 2 nitrogen and oxygen atoms in total. The van der Waals surface area contributed by atoms with Gasteiger partial charge in [-0.1, -0.05) is 15.9 Å². The molecular weight excluding hydrogens is 242 g/mol. The molecule has 0 saturated carbocycles. The molecule has 3 heteroatoms. The summed E-state index contributed by atoms with van der Waals surface area (Å²) < 4.78 is 6.77. The van der Waals surface area contributed by atoms with E-state index in [2.05, 4.69) is 22.0 Å². The van der Waals surface area contributed by atoms with E-state index in [4.69, 9.17) is 10.2 Å². The third-order valence-corrected chi connectivity index (χ3v) is 2.93. The molecule has 1 aromatic carbocycles. The Hall–Kier alpha value is -0.800. The highest BCUT2D eigenvalue weighted by Gasteiger charge is 2.11. The zero-order valence-electron chi connectivity index (χ0n) is 8.23. The fraction of sp³-hybridized carbons (Fsp3) is 0.273. The fourth-order valence-corrected chi connectivity index (χ4v) is 2.26. The number of nitrogens with two attached hydrogens (primary N) is 1. The molecule has 0 aliphatic heterocycles. The van der Waals surface area contributed by atoms with Crippen LogP contribution in [0.1, 0.15) is 16.9 Å². The number of halogens is 1. The number of aryl methyl sites for hydroxylation is 2. The molecule has 14 heavy (non-hydrogen) atoms. The van der Waals surface area contributed by atoms with Crippen molar-refractivity contribution in [3.63, 3.8) is 0 Å². The number of fused-ring (bicyclic) bond motifs is 1. The Bertz CT molecular complexity index is 487. The smallest absolute Gasteiger partial charge is 0.137 e. The van der Waals surface area contributed by atoms with Crippen molar-refractivity contribution in [3.8, 4) is 0 Å². The van der Waals surface area contributed by atoms with Crippen LogP contribution in [0.25, 0.3) is 11.0 Å².